The number of likely N-dealkylation sites (tertiary alicyclic amines) is 2. The van der Waals surface area contributed by atoms with E-state index in [1.54, 1.807) is 0 Å². The lowest BCUT2D eigenvalue weighted by Crippen LogP contribution is -2.36. The molecule has 2 heterocycles. The zero-order chi connectivity index (χ0) is 17.1. The van der Waals surface area contributed by atoms with E-state index in [0.717, 1.165) is 45.6 Å². The molecule has 0 spiro atoms. The van der Waals surface area contributed by atoms with E-state index in [9.17, 15) is 4.79 Å². The number of hydrogen-bond acceptors (Lipinski definition) is 3. The number of rotatable bonds is 6. The van der Waals surface area contributed by atoms with Gasteiger partial charge in [0.05, 0.1) is 0 Å². The van der Waals surface area contributed by atoms with Crippen LogP contribution in [0.2, 0.25) is 0 Å². The van der Waals surface area contributed by atoms with Gasteiger partial charge in [0.1, 0.15) is 0 Å². The van der Waals surface area contributed by atoms with Crippen LogP contribution in [-0.4, -0.2) is 48.4 Å². The van der Waals surface area contributed by atoms with E-state index in [1.807, 2.05) is 13.0 Å². The molecule has 4 atom stereocenters. The van der Waals surface area contributed by atoms with Gasteiger partial charge in [-0.15, -0.1) is 0 Å². The van der Waals surface area contributed by atoms with Gasteiger partial charge < -0.3 is 15.5 Å². The van der Waals surface area contributed by atoms with Crippen molar-refractivity contribution in [3.63, 3.8) is 0 Å². The molecule has 2 aliphatic heterocycles. The minimum atomic E-state index is 0.120. The molecular formula is C20H31N3O. The van der Waals surface area contributed by atoms with Gasteiger partial charge in [0.15, 0.2) is 0 Å². The van der Waals surface area contributed by atoms with Gasteiger partial charge >= 0.3 is 0 Å². The van der Waals surface area contributed by atoms with E-state index in [-0.39, 0.29) is 12.0 Å². The molecule has 3 unspecified atom stereocenters. The van der Waals surface area contributed by atoms with Crippen molar-refractivity contribution >= 4 is 5.91 Å². The molecule has 2 saturated heterocycles. The van der Waals surface area contributed by atoms with Crippen LogP contribution in [0.25, 0.3) is 0 Å². The summed E-state index contributed by atoms with van der Waals surface area (Å²) < 4.78 is 0. The summed E-state index contributed by atoms with van der Waals surface area (Å²) in [5.74, 6) is 1.84. The van der Waals surface area contributed by atoms with E-state index >= 15 is 0 Å². The molecule has 4 heteroatoms. The first-order valence-corrected chi connectivity index (χ1v) is 9.40. The second-order valence-electron chi connectivity index (χ2n) is 7.64. The zero-order valence-electron chi connectivity index (χ0n) is 15.0. The van der Waals surface area contributed by atoms with E-state index in [4.69, 9.17) is 5.73 Å². The first-order valence-electron chi connectivity index (χ1n) is 9.40. The van der Waals surface area contributed by atoms with Crippen molar-refractivity contribution < 1.29 is 4.79 Å². The van der Waals surface area contributed by atoms with Gasteiger partial charge in [-0.1, -0.05) is 44.2 Å². The standard InChI is InChI=1S/C20H31N3O/c1-3-15(2)20(24)23-13-17-11-22(12-18(17)14-23)10-9-19(21)16-7-5-4-6-8-16/h4-8,15,17-19H,3,9-14,21H2,1-2H3/t15?,17?,18?,19-/m0/s1. The van der Waals surface area contributed by atoms with E-state index in [0.29, 0.717) is 17.7 Å². The molecule has 24 heavy (non-hydrogen) atoms. The van der Waals surface area contributed by atoms with Crippen LogP contribution < -0.4 is 5.73 Å². The average molecular weight is 329 g/mol. The van der Waals surface area contributed by atoms with Crippen LogP contribution in [0.5, 0.6) is 0 Å². The molecule has 0 saturated carbocycles. The molecule has 0 bridgehead atoms. The first kappa shape index (κ1) is 17.4. The Labute approximate surface area is 146 Å². The smallest absolute Gasteiger partial charge is 0.225 e. The molecule has 2 aliphatic rings. The van der Waals surface area contributed by atoms with Crippen LogP contribution in [0.15, 0.2) is 30.3 Å². The van der Waals surface area contributed by atoms with Gasteiger partial charge in [-0.25, -0.2) is 0 Å². The third-order valence-corrected chi connectivity index (χ3v) is 5.89. The summed E-state index contributed by atoms with van der Waals surface area (Å²) >= 11 is 0. The van der Waals surface area contributed by atoms with Crippen molar-refractivity contribution in [2.75, 3.05) is 32.7 Å². The summed E-state index contributed by atoms with van der Waals surface area (Å²) in [6.07, 6.45) is 1.94. The molecule has 1 amide bonds. The predicted octanol–water partition coefficient (Wildman–Crippen LogP) is 2.51. The Balaban J connectivity index is 1.44. The molecule has 1 aromatic carbocycles. The summed E-state index contributed by atoms with van der Waals surface area (Å²) in [7, 11) is 0. The summed E-state index contributed by atoms with van der Waals surface area (Å²) in [6, 6.07) is 10.5. The van der Waals surface area contributed by atoms with Crippen molar-refractivity contribution in [1.82, 2.24) is 9.80 Å². The highest BCUT2D eigenvalue weighted by Gasteiger charge is 2.41. The number of benzene rings is 1. The van der Waals surface area contributed by atoms with Crippen LogP contribution in [0, 0.1) is 17.8 Å². The second-order valence-corrected chi connectivity index (χ2v) is 7.64. The quantitative estimate of drug-likeness (QED) is 0.872. The number of carbonyl (C=O) groups is 1. The minimum absolute atomic E-state index is 0.120. The highest BCUT2D eigenvalue weighted by Crippen LogP contribution is 2.32. The van der Waals surface area contributed by atoms with Crippen molar-refractivity contribution in [3.8, 4) is 0 Å². The summed E-state index contributed by atoms with van der Waals surface area (Å²) in [5.41, 5.74) is 7.54. The van der Waals surface area contributed by atoms with E-state index in [2.05, 4.69) is 41.0 Å². The van der Waals surface area contributed by atoms with E-state index in [1.165, 1.54) is 5.56 Å². The third kappa shape index (κ3) is 3.81. The Morgan fingerprint density at radius 3 is 2.38 bits per heavy atom. The van der Waals surface area contributed by atoms with Crippen molar-refractivity contribution in [1.29, 1.82) is 0 Å². The molecule has 0 aromatic heterocycles. The highest BCUT2D eigenvalue weighted by atomic mass is 16.2. The van der Waals surface area contributed by atoms with Crippen LogP contribution in [0.4, 0.5) is 0 Å². The largest absolute Gasteiger partial charge is 0.342 e. The van der Waals surface area contributed by atoms with Gasteiger partial charge in [-0.2, -0.15) is 0 Å². The summed E-state index contributed by atoms with van der Waals surface area (Å²) in [5, 5.41) is 0. The average Bonchev–Trinajstić information content (AvgIpc) is 3.17. The second kappa shape index (κ2) is 7.66. The number of nitrogens with zero attached hydrogens (tertiary/aromatic N) is 2. The van der Waals surface area contributed by atoms with Crippen LogP contribution in [-0.2, 0) is 4.79 Å². The van der Waals surface area contributed by atoms with Gasteiger partial charge in [-0.05, 0) is 36.8 Å². The SMILES string of the molecule is CCC(C)C(=O)N1CC2CN(CC[C@H](N)c3ccccc3)CC2C1. The lowest BCUT2D eigenvalue weighted by Gasteiger charge is -2.24. The Kier molecular flexibility index (Phi) is 5.57. The fraction of sp³-hybridized carbons (Fsp3) is 0.650. The van der Waals surface area contributed by atoms with Gasteiger partial charge in [0.25, 0.3) is 0 Å². The normalized spacial score (nSPS) is 26.4. The van der Waals surface area contributed by atoms with E-state index < -0.39 is 0 Å². The van der Waals surface area contributed by atoms with Crippen molar-refractivity contribution in [3.05, 3.63) is 35.9 Å². The maximum Gasteiger partial charge on any atom is 0.225 e. The summed E-state index contributed by atoms with van der Waals surface area (Å²) in [4.78, 5) is 17.0. The number of hydrogen-bond donors (Lipinski definition) is 1. The molecule has 2 fully saturated rings. The monoisotopic (exact) mass is 329 g/mol. The fourth-order valence-electron chi connectivity index (χ4n) is 4.13. The molecule has 4 nitrogen and oxygen atoms in total. The Bertz CT molecular complexity index is 533. The van der Waals surface area contributed by atoms with Crippen LogP contribution in [0.1, 0.15) is 38.3 Å². The number of amides is 1. The zero-order valence-corrected chi connectivity index (χ0v) is 15.0. The molecule has 0 radical (unpaired) electrons. The Morgan fingerprint density at radius 2 is 1.79 bits per heavy atom. The molecule has 0 aliphatic carbocycles. The third-order valence-electron chi connectivity index (χ3n) is 5.89. The topological polar surface area (TPSA) is 49.6 Å². The predicted molar refractivity (Wildman–Crippen MR) is 97.4 cm³/mol. The lowest BCUT2D eigenvalue weighted by atomic mass is 10.0. The van der Waals surface area contributed by atoms with Crippen LogP contribution >= 0.6 is 0 Å². The number of nitrogens with two attached hydrogens (primary N) is 1. The minimum Gasteiger partial charge on any atom is -0.342 e. The van der Waals surface area contributed by atoms with Crippen molar-refractivity contribution in [2.24, 2.45) is 23.5 Å². The Hall–Kier alpha value is -1.39. The first-order chi connectivity index (χ1) is 11.6. The maximum atomic E-state index is 12.4. The molecular weight excluding hydrogens is 298 g/mol. The molecule has 3 rings (SSSR count). The fourth-order valence-corrected chi connectivity index (χ4v) is 4.13. The van der Waals surface area contributed by atoms with Gasteiger partial charge in [0, 0.05) is 38.1 Å². The lowest BCUT2D eigenvalue weighted by molar-refractivity contribution is -0.134. The van der Waals surface area contributed by atoms with Gasteiger partial charge in [-0.3, -0.25) is 4.79 Å². The number of fused-ring (bicyclic) bond motifs is 1. The molecule has 132 valence electrons. The molecule has 2 N–H and O–H groups in total. The summed E-state index contributed by atoms with van der Waals surface area (Å²) in [6.45, 7) is 9.35. The van der Waals surface area contributed by atoms with Crippen LogP contribution in [0.3, 0.4) is 0 Å². The maximum absolute atomic E-state index is 12.4. The highest BCUT2D eigenvalue weighted by molar-refractivity contribution is 5.78. The number of carbonyl (C=O) groups excluding carboxylic acids is 1. The Morgan fingerprint density at radius 1 is 1.17 bits per heavy atom. The van der Waals surface area contributed by atoms with Gasteiger partial charge in [0.2, 0.25) is 5.91 Å². The molecule has 1 aromatic rings. The van der Waals surface area contributed by atoms with Crippen molar-refractivity contribution in [2.45, 2.75) is 32.7 Å².